The van der Waals surface area contributed by atoms with Crippen LogP contribution < -0.4 is 5.32 Å². The van der Waals surface area contributed by atoms with Gasteiger partial charge in [0.1, 0.15) is 0 Å². The molecule has 0 spiro atoms. The first-order valence-corrected chi connectivity index (χ1v) is 13.6. The summed E-state index contributed by atoms with van der Waals surface area (Å²) in [6.07, 6.45) is 1.54. The third kappa shape index (κ3) is 13.5. The van der Waals surface area contributed by atoms with E-state index in [0.29, 0.717) is 47.4 Å². The van der Waals surface area contributed by atoms with Gasteiger partial charge in [-0.25, -0.2) is 0 Å². The summed E-state index contributed by atoms with van der Waals surface area (Å²) in [6.45, 7) is 19.8. The Morgan fingerprint density at radius 2 is 1.15 bits per heavy atom. The highest BCUT2D eigenvalue weighted by atomic mass is 16.6. The number of rotatable bonds is 9. The van der Waals surface area contributed by atoms with Crippen LogP contribution in [0.4, 0.5) is 11.4 Å². The van der Waals surface area contributed by atoms with Crippen LogP contribution in [0.3, 0.4) is 0 Å². The van der Waals surface area contributed by atoms with Gasteiger partial charge in [0.05, 0.1) is 15.9 Å². The van der Waals surface area contributed by atoms with E-state index in [1.165, 1.54) is 0 Å². The molecule has 0 unspecified atom stereocenters. The second-order valence-corrected chi connectivity index (χ2v) is 13.3. The molecule has 2 aromatic carbocycles. The van der Waals surface area contributed by atoms with E-state index in [-0.39, 0.29) is 47.4 Å². The van der Waals surface area contributed by atoms with Crippen LogP contribution in [0.25, 0.3) is 0 Å². The molecule has 0 radical (unpaired) electrons. The summed E-state index contributed by atoms with van der Waals surface area (Å²) in [7, 11) is 0. The molecular weight excluding hydrogens is 522 g/mol. The van der Waals surface area contributed by atoms with Crippen molar-refractivity contribution in [2.75, 3.05) is 0 Å². The maximum absolute atomic E-state index is 11.8. The predicted molar refractivity (Wildman–Crippen MR) is 166 cm³/mol. The van der Waals surface area contributed by atoms with Gasteiger partial charge in [0.15, 0.2) is 5.78 Å². The molecule has 0 aromatic heterocycles. The van der Waals surface area contributed by atoms with Crippen molar-refractivity contribution < 1.29 is 19.4 Å². The van der Waals surface area contributed by atoms with Gasteiger partial charge in [0.25, 0.3) is 17.3 Å². The van der Waals surface area contributed by atoms with E-state index in [0.717, 1.165) is 6.07 Å². The normalized spacial score (nSPS) is 11.3. The fraction of sp³-hybridized carbons (Fsp3) is 0.562. The van der Waals surface area contributed by atoms with E-state index in [4.69, 9.17) is 0 Å². The highest BCUT2D eigenvalue weighted by Gasteiger charge is 2.28. The van der Waals surface area contributed by atoms with Gasteiger partial charge in [-0.15, -0.1) is 0 Å². The summed E-state index contributed by atoms with van der Waals surface area (Å²) in [6, 6.07) is 9.71. The minimum Gasteiger partial charge on any atom is -0.350 e. The SMILES string of the molecule is C.CC(C)(C)Cc1cc(CC(C)(C)C)c([N+](=O)[O-])cc1[N+](=O)[O-].CC(C)CC(=O)c1ccc(C(=O)NC(C)C)cc1. The molecule has 1 amide bonds. The minimum absolute atomic E-state index is 0. The Balaban J connectivity index is 0.000000776. The zero-order chi connectivity index (χ0) is 31.0. The number of carbonyl (C=O) groups excluding carboxylic acids is 2. The molecule has 0 saturated heterocycles. The molecule has 0 aliphatic carbocycles. The van der Waals surface area contributed by atoms with Gasteiger partial charge >= 0.3 is 0 Å². The molecule has 0 atom stereocenters. The van der Waals surface area contributed by atoms with E-state index in [2.05, 4.69) is 5.32 Å². The van der Waals surface area contributed by atoms with Gasteiger partial charge in [-0.3, -0.25) is 29.8 Å². The number of amides is 1. The number of hydrogen-bond donors (Lipinski definition) is 1. The van der Waals surface area contributed by atoms with Crippen LogP contribution in [0, 0.1) is 37.0 Å². The monoisotopic (exact) mass is 571 g/mol. The van der Waals surface area contributed by atoms with Crippen LogP contribution in [0.2, 0.25) is 0 Å². The van der Waals surface area contributed by atoms with Crippen LogP contribution >= 0.6 is 0 Å². The third-order valence-electron chi connectivity index (χ3n) is 5.60. The lowest BCUT2D eigenvalue weighted by molar-refractivity contribution is -0.395. The highest BCUT2D eigenvalue weighted by molar-refractivity contribution is 5.98. The molecule has 1 N–H and O–H groups in total. The molecule has 0 aliphatic heterocycles. The maximum Gasteiger partial charge on any atom is 0.279 e. The molecule has 0 bridgehead atoms. The Morgan fingerprint density at radius 1 is 0.756 bits per heavy atom. The summed E-state index contributed by atoms with van der Waals surface area (Å²) in [4.78, 5) is 45.0. The summed E-state index contributed by atoms with van der Waals surface area (Å²) in [5.41, 5.74) is 1.76. The Bertz CT molecular complexity index is 1110. The fourth-order valence-corrected chi connectivity index (χ4v) is 4.08. The Kier molecular flexibility index (Phi) is 14.0. The summed E-state index contributed by atoms with van der Waals surface area (Å²) < 4.78 is 0. The first-order valence-electron chi connectivity index (χ1n) is 13.6. The smallest absolute Gasteiger partial charge is 0.279 e. The second kappa shape index (κ2) is 15.4. The van der Waals surface area contributed by atoms with Gasteiger partial charge in [0, 0.05) is 34.7 Å². The average Bonchev–Trinajstić information content (AvgIpc) is 2.76. The fourth-order valence-electron chi connectivity index (χ4n) is 4.08. The number of nitro benzene ring substituents is 2. The van der Waals surface area contributed by atoms with Crippen molar-refractivity contribution in [1.29, 1.82) is 0 Å². The van der Waals surface area contributed by atoms with Crippen LogP contribution in [-0.4, -0.2) is 27.6 Å². The summed E-state index contributed by atoms with van der Waals surface area (Å²) in [5, 5.41) is 25.3. The molecule has 9 heteroatoms. The van der Waals surface area contributed by atoms with Crippen molar-refractivity contribution in [2.24, 2.45) is 16.7 Å². The third-order valence-corrected chi connectivity index (χ3v) is 5.60. The lowest BCUT2D eigenvalue weighted by Crippen LogP contribution is -2.30. The number of ketones is 1. The quantitative estimate of drug-likeness (QED) is 0.183. The standard InChI is InChI=1S/C16H24N2O4.C15H21NO2.CH4/c1-15(2,3)9-11-7-12(10-16(4,5)6)14(18(21)22)8-13(11)17(19)20;1-10(2)9-14(17)12-5-7-13(8-6-12)15(18)16-11(3)4;/h7-8H,9-10H2,1-6H3;5-8,10-11H,9H2,1-4H3,(H,16,18);1H4. The van der Waals surface area contributed by atoms with Crippen molar-refractivity contribution in [3.05, 3.63) is 78.9 Å². The maximum atomic E-state index is 11.8. The molecule has 41 heavy (non-hydrogen) atoms. The lowest BCUT2D eigenvalue weighted by atomic mass is 9.83. The van der Waals surface area contributed by atoms with Crippen molar-refractivity contribution in [2.45, 2.75) is 102 Å². The van der Waals surface area contributed by atoms with E-state index in [1.807, 2.05) is 69.2 Å². The topological polar surface area (TPSA) is 132 Å². The molecule has 0 saturated carbocycles. The largest absolute Gasteiger partial charge is 0.350 e. The molecule has 228 valence electrons. The van der Waals surface area contributed by atoms with Crippen molar-refractivity contribution >= 4 is 23.1 Å². The summed E-state index contributed by atoms with van der Waals surface area (Å²) >= 11 is 0. The first-order chi connectivity index (χ1) is 18.2. The minimum atomic E-state index is -0.533. The molecular formula is C32H49N3O6. The number of nitrogens with zero attached hydrogens (tertiary/aromatic N) is 2. The average molecular weight is 572 g/mol. The number of Topliss-reactive ketones (excluding diaryl/α,β-unsaturated/α-hetero) is 1. The Hall–Kier alpha value is -3.62. The molecule has 2 rings (SSSR count). The van der Waals surface area contributed by atoms with Gasteiger partial charge in [0.2, 0.25) is 0 Å². The van der Waals surface area contributed by atoms with Gasteiger partial charge in [-0.2, -0.15) is 0 Å². The second-order valence-electron chi connectivity index (χ2n) is 13.3. The van der Waals surface area contributed by atoms with E-state index in [9.17, 15) is 29.8 Å². The van der Waals surface area contributed by atoms with Gasteiger partial charge in [-0.05, 0) is 61.6 Å². The zero-order valence-corrected chi connectivity index (χ0v) is 25.6. The molecule has 2 aromatic rings. The van der Waals surface area contributed by atoms with Crippen LogP contribution in [0.15, 0.2) is 36.4 Å². The van der Waals surface area contributed by atoms with Crippen LogP contribution in [-0.2, 0) is 12.8 Å². The molecule has 0 fully saturated rings. The van der Waals surface area contributed by atoms with Crippen molar-refractivity contribution in [3.8, 4) is 0 Å². The van der Waals surface area contributed by atoms with Crippen molar-refractivity contribution in [3.63, 3.8) is 0 Å². The van der Waals surface area contributed by atoms with Crippen molar-refractivity contribution in [1.82, 2.24) is 5.32 Å². The zero-order valence-electron chi connectivity index (χ0n) is 25.6. The Morgan fingerprint density at radius 3 is 1.46 bits per heavy atom. The Labute approximate surface area is 245 Å². The number of nitro groups is 2. The van der Waals surface area contributed by atoms with Gasteiger partial charge in [-0.1, -0.05) is 74.9 Å². The van der Waals surface area contributed by atoms with Gasteiger partial charge < -0.3 is 5.32 Å². The first kappa shape index (κ1) is 37.4. The lowest BCUT2D eigenvalue weighted by Gasteiger charge is -2.21. The summed E-state index contributed by atoms with van der Waals surface area (Å²) in [5.74, 6) is 0.370. The number of benzene rings is 2. The highest BCUT2D eigenvalue weighted by Crippen LogP contribution is 2.36. The molecule has 9 nitrogen and oxygen atoms in total. The predicted octanol–water partition coefficient (Wildman–Crippen LogP) is 8.37. The van der Waals surface area contributed by atoms with E-state index < -0.39 is 9.85 Å². The molecule has 0 heterocycles. The number of hydrogen-bond acceptors (Lipinski definition) is 6. The van der Waals surface area contributed by atoms with Crippen LogP contribution in [0.1, 0.15) is 115 Å². The van der Waals surface area contributed by atoms with E-state index >= 15 is 0 Å². The number of nitrogens with one attached hydrogen (secondary N) is 1. The van der Waals surface area contributed by atoms with Crippen LogP contribution in [0.5, 0.6) is 0 Å². The molecule has 0 aliphatic rings. The number of carbonyl (C=O) groups is 2. The van der Waals surface area contributed by atoms with E-state index in [1.54, 1.807) is 30.3 Å².